The lowest BCUT2D eigenvalue weighted by molar-refractivity contribution is -0.122. The molecule has 0 spiro atoms. The van der Waals surface area contributed by atoms with E-state index in [1.165, 1.54) is 27.3 Å². The molecule has 2 aromatic carbocycles. The molecule has 29 heavy (non-hydrogen) atoms. The molecule has 0 unspecified atom stereocenters. The van der Waals surface area contributed by atoms with Gasteiger partial charge in [-0.25, -0.2) is 12.7 Å². The molecule has 7 heteroatoms. The summed E-state index contributed by atoms with van der Waals surface area (Å²) in [5.74, 6) is 0.480. The molecule has 0 saturated heterocycles. The van der Waals surface area contributed by atoms with Crippen LogP contribution in [0, 0.1) is 0 Å². The van der Waals surface area contributed by atoms with Crippen LogP contribution in [0.25, 0.3) is 0 Å². The summed E-state index contributed by atoms with van der Waals surface area (Å²) in [5, 5.41) is 3.07. The van der Waals surface area contributed by atoms with E-state index >= 15 is 0 Å². The van der Waals surface area contributed by atoms with E-state index in [1.807, 2.05) is 44.2 Å². The Kier molecular flexibility index (Phi) is 7.43. The smallest absolute Gasteiger partial charge is 0.242 e. The summed E-state index contributed by atoms with van der Waals surface area (Å²) in [7, 11) is 0.956. The maximum absolute atomic E-state index is 12.5. The van der Waals surface area contributed by atoms with Crippen LogP contribution in [0.2, 0.25) is 0 Å². The van der Waals surface area contributed by atoms with Crippen molar-refractivity contribution >= 4 is 15.9 Å². The van der Waals surface area contributed by atoms with Gasteiger partial charge >= 0.3 is 0 Å². The highest BCUT2D eigenvalue weighted by Gasteiger charge is 2.22. The van der Waals surface area contributed by atoms with E-state index in [9.17, 15) is 13.2 Å². The maximum Gasteiger partial charge on any atom is 0.242 e. The predicted molar refractivity (Wildman–Crippen MR) is 115 cm³/mol. The number of benzene rings is 2. The highest BCUT2D eigenvalue weighted by Crippen LogP contribution is 2.25. The van der Waals surface area contributed by atoms with Gasteiger partial charge in [-0.3, -0.25) is 4.79 Å². The Labute approximate surface area is 173 Å². The first-order valence-electron chi connectivity index (χ1n) is 9.49. The second-order valence-corrected chi connectivity index (χ2v) is 10.0. The molecule has 1 N–H and O–H groups in total. The summed E-state index contributed by atoms with van der Waals surface area (Å²) in [5.41, 5.74) is 1.45. The molecule has 0 aromatic heterocycles. The van der Waals surface area contributed by atoms with Gasteiger partial charge in [0.25, 0.3) is 0 Å². The molecule has 158 valence electrons. The normalized spacial score (nSPS) is 12.1. The van der Waals surface area contributed by atoms with E-state index in [-0.39, 0.29) is 17.2 Å². The number of carbonyl (C=O) groups excluding carboxylic acids is 1. The fourth-order valence-corrected chi connectivity index (χ4v) is 4.11. The third kappa shape index (κ3) is 6.30. The Balaban J connectivity index is 2.07. The molecular weight excluding hydrogens is 388 g/mol. The van der Waals surface area contributed by atoms with Crippen molar-refractivity contribution in [2.45, 2.75) is 43.5 Å². The molecule has 0 aliphatic carbocycles. The van der Waals surface area contributed by atoms with E-state index in [4.69, 9.17) is 4.74 Å². The molecule has 0 heterocycles. The lowest BCUT2D eigenvalue weighted by atomic mass is 9.94. The maximum atomic E-state index is 12.5. The van der Waals surface area contributed by atoms with Gasteiger partial charge in [-0.2, -0.15) is 0 Å². The van der Waals surface area contributed by atoms with Crippen LogP contribution < -0.4 is 10.1 Å². The van der Waals surface area contributed by atoms with Gasteiger partial charge in [0, 0.05) is 26.1 Å². The largest absolute Gasteiger partial charge is 0.496 e. The van der Waals surface area contributed by atoms with E-state index in [0.29, 0.717) is 17.7 Å². The van der Waals surface area contributed by atoms with Crippen molar-refractivity contribution in [3.8, 4) is 5.75 Å². The second kappa shape index (κ2) is 9.41. The highest BCUT2D eigenvalue weighted by molar-refractivity contribution is 7.89. The number of amides is 1. The average molecular weight is 419 g/mol. The summed E-state index contributed by atoms with van der Waals surface area (Å²) in [6.07, 6.45) is 1.34. The van der Waals surface area contributed by atoms with Crippen LogP contribution in [-0.2, 0) is 27.7 Å². The van der Waals surface area contributed by atoms with Crippen molar-refractivity contribution in [1.82, 2.24) is 9.62 Å². The minimum absolute atomic E-state index is 0.0890. The van der Waals surface area contributed by atoms with Crippen molar-refractivity contribution in [2.75, 3.05) is 21.2 Å². The van der Waals surface area contributed by atoms with Gasteiger partial charge in [0.05, 0.1) is 12.0 Å². The molecule has 0 aliphatic rings. The number of nitrogens with zero attached hydrogens (tertiary/aromatic N) is 1. The first-order chi connectivity index (χ1) is 13.5. The van der Waals surface area contributed by atoms with Crippen LogP contribution in [-0.4, -0.2) is 45.4 Å². The van der Waals surface area contributed by atoms with Gasteiger partial charge < -0.3 is 10.1 Å². The SMILES string of the molecule is COc1ccc(S(=O)(=O)N(C)C)cc1CCC(=O)NC(C)(C)Cc1ccccc1. The van der Waals surface area contributed by atoms with Crippen molar-refractivity contribution in [3.05, 3.63) is 59.7 Å². The third-order valence-electron chi connectivity index (χ3n) is 4.62. The van der Waals surface area contributed by atoms with Crippen LogP contribution >= 0.6 is 0 Å². The van der Waals surface area contributed by atoms with Crippen molar-refractivity contribution < 1.29 is 17.9 Å². The van der Waals surface area contributed by atoms with Gasteiger partial charge in [-0.05, 0) is 56.0 Å². The first kappa shape index (κ1) is 22.9. The molecule has 0 radical (unpaired) electrons. The standard InChI is InChI=1S/C22H30N2O4S/c1-22(2,16-17-9-7-6-8-10-17)23-21(25)14-11-18-15-19(12-13-20(18)28-5)29(26,27)24(3)4/h6-10,12-13,15H,11,14,16H2,1-5H3,(H,23,25). The molecule has 0 bridgehead atoms. The number of ether oxygens (including phenoxy) is 1. The number of sulfonamides is 1. The number of aryl methyl sites for hydroxylation is 1. The van der Waals surface area contributed by atoms with E-state index in [1.54, 1.807) is 12.1 Å². The van der Waals surface area contributed by atoms with Gasteiger partial charge in [0.1, 0.15) is 5.75 Å². The summed E-state index contributed by atoms with van der Waals surface area (Å²) in [6, 6.07) is 14.7. The topological polar surface area (TPSA) is 75.7 Å². The van der Waals surface area contributed by atoms with Crippen molar-refractivity contribution in [3.63, 3.8) is 0 Å². The quantitative estimate of drug-likeness (QED) is 0.679. The zero-order valence-corrected chi connectivity index (χ0v) is 18.5. The monoisotopic (exact) mass is 418 g/mol. The number of rotatable bonds is 9. The molecule has 0 saturated carbocycles. The lowest BCUT2D eigenvalue weighted by Crippen LogP contribution is -2.45. The zero-order valence-electron chi connectivity index (χ0n) is 17.7. The average Bonchev–Trinajstić information content (AvgIpc) is 2.65. The number of carbonyl (C=O) groups is 1. The summed E-state index contributed by atoms with van der Waals surface area (Å²) < 4.78 is 31.3. The molecule has 6 nitrogen and oxygen atoms in total. The van der Waals surface area contributed by atoms with Gasteiger partial charge in [0.15, 0.2) is 0 Å². The fraction of sp³-hybridized carbons (Fsp3) is 0.409. The van der Waals surface area contributed by atoms with E-state index in [2.05, 4.69) is 5.32 Å². The Hall–Kier alpha value is -2.38. The number of hydrogen-bond acceptors (Lipinski definition) is 4. The summed E-state index contributed by atoms with van der Waals surface area (Å²) in [4.78, 5) is 12.7. The second-order valence-electron chi connectivity index (χ2n) is 7.86. The number of nitrogens with one attached hydrogen (secondary N) is 1. The van der Waals surface area contributed by atoms with Crippen LogP contribution in [0.5, 0.6) is 5.75 Å². The first-order valence-corrected chi connectivity index (χ1v) is 10.9. The van der Waals surface area contributed by atoms with Crippen LogP contribution in [0.1, 0.15) is 31.4 Å². The Bertz CT molecular complexity index is 939. The third-order valence-corrected chi connectivity index (χ3v) is 6.43. The molecule has 0 atom stereocenters. The number of hydrogen-bond donors (Lipinski definition) is 1. The van der Waals surface area contributed by atoms with Crippen LogP contribution in [0.4, 0.5) is 0 Å². The van der Waals surface area contributed by atoms with Gasteiger partial charge in [-0.15, -0.1) is 0 Å². The Morgan fingerprint density at radius 2 is 1.76 bits per heavy atom. The lowest BCUT2D eigenvalue weighted by Gasteiger charge is -2.26. The fourth-order valence-electron chi connectivity index (χ4n) is 3.16. The minimum atomic E-state index is -3.55. The molecule has 0 aliphatic heterocycles. The van der Waals surface area contributed by atoms with E-state index < -0.39 is 15.6 Å². The van der Waals surface area contributed by atoms with E-state index in [0.717, 1.165) is 16.3 Å². The summed E-state index contributed by atoms with van der Waals surface area (Å²) >= 11 is 0. The predicted octanol–water partition coefficient (Wildman–Crippen LogP) is 3.02. The van der Waals surface area contributed by atoms with Crippen LogP contribution in [0.15, 0.2) is 53.4 Å². The van der Waals surface area contributed by atoms with Gasteiger partial charge in [0.2, 0.25) is 15.9 Å². The molecular formula is C22H30N2O4S. The van der Waals surface area contributed by atoms with Gasteiger partial charge in [-0.1, -0.05) is 30.3 Å². The Morgan fingerprint density at radius 3 is 2.34 bits per heavy atom. The molecule has 2 aromatic rings. The molecule has 2 rings (SSSR count). The number of methoxy groups -OCH3 is 1. The molecule has 1 amide bonds. The molecule has 0 fully saturated rings. The minimum Gasteiger partial charge on any atom is -0.496 e. The van der Waals surface area contributed by atoms with Crippen molar-refractivity contribution in [1.29, 1.82) is 0 Å². The zero-order chi connectivity index (χ0) is 21.7. The highest BCUT2D eigenvalue weighted by atomic mass is 32.2. The van der Waals surface area contributed by atoms with Crippen LogP contribution in [0.3, 0.4) is 0 Å². The Morgan fingerprint density at radius 1 is 1.10 bits per heavy atom. The van der Waals surface area contributed by atoms with Crippen molar-refractivity contribution in [2.24, 2.45) is 0 Å². The summed E-state index contributed by atoms with van der Waals surface area (Å²) in [6.45, 7) is 3.98.